The van der Waals surface area contributed by atoms with Crippen molar-refractivity contribution in [1.29, 1.82) is 0 Å². The first kappa shape index (κ1) is 9.10. The minimum Gasteiger partial charge on any atom is -0.298 e. The summed E-state index contributed by atoms with van der Waals surface area (Å²) in [7, 11) is 6.62. The Bertz CT molecular complexity index is 277. The van der Waals surface area contributed by atoms with Crippen molar-refractivity contribution < 1.29 is 4.79 Å². The molecule has 58 valence electrons. The predicted molar refractivity (Wildman–Crippen MR) is 51.2 cm³/mol. The number of hydrogen-bond donors (Lipinski definition) is 0. The highest BCUT2D eigenvalue weighted by Crippen LogP contribution is 2.30. The molecule has 4 heteroatoms. The van der Waals surface area contributed by atoms with E-state index in [-0.39, 0.29) is 0 Å². The van der Waals surface area contributed by atoms with E-state index in [0.717, 1.165) is 26.6 Å². The van der Waals surface area contributed by atoms with Crippen LogP contribution >= 0.6 is 37.6 Å². The van der Waals surface area contributed by atoms with E-state index in [0.29, 0.717) is 5.56 Å². The first-order valence-corrected chi connectivity index (χ1v) is 5.25. The van der Waals surface area contributed by atoms with Crippen LogP contribution in [-0.2, 0) is 0 Å². The Morgan fingerprint density at radius 1 is 1.55 bits per heavy atom. The van der Waals surface area contributed by atoms with Crippen molar-refractivity contribution in [2.24, 2.45) is 0 Å². The molecular weight excluding hydrogens is 247 g/mol. The molecule has 1 aromatic carbocycles. The molecule has 0 aliphatic rings. The summed E-state index contributed by atoms with van der Waals surface area (Å²) in [6.45, 7) is 0. The average molecular weight is 252 g/mol. The van der Waals surface area contributed by atoms with Crippen molar-refractivity contribution in [2.75, 3.05) is 0 Å². The van der Waals surface area contributed by atoms with Crippen molar-refractivity contribution >= 4 is 43.9 Å². The predicted octanol–water partition coefficient (Wildman–Crippen LogP) is 3.51. The number of aldehydes is 1. The Morgan fingerprint density at radius 2 is 2.27 bits per heavy atom. The van der Waals surface area contributed by atoms with Crippen LogP contribution in [0.5, 0.6) is 0 Å². The maximum absolute atomic E-state index is 10.3. The fraction of sp³-hybridized carbons (Fsp3) is 0. The van der Waals surface area contributed by atoms with Gasteiger partial charge < -0.3 is 0 Å². The molecule has 0 spiro atoms. The average Bonchev–Trinajstić information content (AvgIpc) is 2.05. The van der Waals surface area contributed by atoms with Crippen LogP contribution < -0.4 is 0 Å². The molecule has 0 radical (unpaired) electrons. The second-order valence-electron chi connectivity index (χ2n) is 1.88. The van der Waals surface area contributed by atoms with Gasteiger partial charge >= 0.3 is 0 Å². The van der Waals surface area contributed by atoms with E-state index >= 15 is 0 Å². The Balaban J connectivity index is 3.12. The van der Waals surface area contributed by atoms with Gasteiger partial charge in [-0.3, -0.25) is 4.79 Å². The van der Waals surface area contributed by atoms with Gasteiger partial charge in [0.15, 0.2) is 0 Å². The van der Waals surface area contributed by atoms with Gasteiger partial charge in [0.2, 0.25) is 0 Å². The van der Waals surface area contributed by atoms with Gasteiger partial charge in [0.25, 0.3) is 0 Å². The number of hydrogen-bond acceptors (Lipinski definition) is 2. The van der Waals surface area contributed by atoms with Gasteiger partial charge in [-0.25, -0.2) is 0 Å². The van der Waals surface area contributed by atoms with E-state index in [9.17, 15) is 4.79 Å². The summed E-state index contributed by atoms with van der Waals surface area (Å²) in [5.41, 5.74) is 0.636. The Hall–Kier alpha value is 0.01000. The third kappa shape index (κ3) is 2.22. The van der Waals surface area contributed by atoms with Gasteiger partial charge in [-0.2, -0.15) is 0 Å². The molecule has 0 amide bonds. The molecule has 1 aromatic rings. The van der Waals surface area contributed by atoms with Crippen LogP contribution in [0.3, 0.4) is 0 Å². The highest BCUT2D eigenvalue weighted by Gasteiger charge is 1.99. The van der Waals surface area contributed by atoms with E-state index in [4.69, 9.17) is 10.7 Å². The maximum atomic E-state index is 10.3. The largest absolute Gasteiger partial charge is 0.298 e. The lowest BCUT2D eigenvalue weighted by molar-refractivity contribution is 0.112. The van der Waals surface area contributed by atoms with E-state index in [1.807, 2.05) is 0 Å². The first-order chi connectivity index (χ1) is 5.27. The number of rotatable bonds is 2. The van der Waals surface area contributed by atoms with Crippen molar-refractivity contribution in [2.45, 2.75) is 4.90 Å². The normalized spacial score (nSPS) is 9.64. The topological polar surface area (TPSA) is 17.1 Å². The number of carbonyl (C=O) groups excluding carboxylic acids is 1. The van der Waals surface area contributed by atoms with E-state index < -0.39 is 0 Å². The van der Waals surface area contributed by atoms with Gasteiger partial charge in [0.05, 0.1) is 0 Å². The molecule has 0 aliphatic heterocycles. The summed E-state index contributed by atoms with van der Waals surface area (Å²) in [4.78, 5) is 11.2. The SMILES string of the molecule is O=Cc1ccc(Br)c(SCl)c1. The fourth-order valence-electron chi connectivity index (χ4n) is 0.652. The number of halogens is 2. The summed E-state index contributed by atoms with van der Waals surface area (Å²) in [6.07, 6.45) is 0.795. The molecule has 0 atom stereocenters. The van der Waals surface area contributed by atoms with Gasteiger partial charge in [0.1, 0.15) is 6.29 Å². The molecule has 0 saturated carbocycles. The molecule has 0 aromatic heterocycles. The van der Waals surface area contributed by atoms with Crippen molar-refractivity contribution in [3.05, 3.63) is 28.2 Å². The Morgan fingerprint density at radius 3 is 2.82 bits per heavy atom. The van der Waals surface area contributed by atoms with Gasteiger partial charge in [0, 0.05) is 14.9 Å². The highest BCUT2D eigenvalue weighted by atomic mass is 79.9. The Labute approximate surface area is 81.8 Å². The first-order valence-electron chi connectivity index (χ1n) is 2.81. The molecular formula is C7H4BrClOS. The van der Waals surface area contributed by atoms with Crippen molar-refractivity contribution in [3.8, 4) is 0 Å². The number of benzene rings is 1. The molecule has 0 saturated heterocycles. The minimum absolute atomic E-state index is 0.636. The third-order valence-electron chi connectivity index (χ3n) is 1.17. The molecule has 1 nitrogen and oxygen atoms in total. The van der Waals surface area contributed by atoms with Gasteiger partial charge in [-0.05, 0) is 49.7 Å². The second-order valence-corrected chi connectivity index (χ2v) is 3.80. The fourth-order valence-corrected chi connectivity index (χ4v) is 2.13. The van der Waals surface area contributed by atoms with Crippen molar-refractivity contribution in [3.63, 3.8) is 0 Å². The second kappa shape index (κ2) is 4.14. The molecule has 0 N–H and O–H groups in total. The molecule has 0 bridgehead atoms. The van der Waals surface area contributed by atoms with Crippen LogP contribution in [0.15, 0.2) is 27.6 Å². The molecule has 0 unspecified atom stereocenters. The van der Waals surface area contributed by atoms with Crippen LogP contribution in [0.1, 0.15) is 10.4 Å². The lowest BCUT2D eigenvalue weighted by Gasteiger charge is -1.98. The van der Waals surface area contributed by atoms with Gasteiger partial charge in [-0.1, -0.05) is 6.07 Å². The van der Waals surface area contributed by atoms with E-state index in [1.54, 1.807) is 18.2 Å². The molecule has 0 heterocycles. The zero-order valence-electron chi connectivity index (χ0n) is 5.38. The molecule has 1 rings (SSSR count). The van der Waals surface area contributed by atoms with Crippen LogP contribution in [0, 0.1) is 0 Å². The third-order valence-corrected chi connectivity index (χ3v) is 3.13. The molecule has 0 aliphatic carbocycles. The summed E-state index contributed by atoms with van der Waals surface area (Å²) >= 11 is 3.30. The molecule has 11 heavy (non-hydrogen) atoms. The van der Waals surface area contributed by atoms with E-state index in [1.165, 1.54) is 0 Å². The summed E-state index contributed by atoms with van der Waals surface area (Å²) < 4.78 is 0.906. The standard InChI is InChI=1S/C7H4BrClOS/c8-6-2-1-5(4-10)3-7(6)11-9/h1-4H. The lowest BCUT2D eigenvalue weighted by Crippen LogP contribution is -1.79. The number of carbonyl (C=O) groups is 1. The Kier molecular flexibility index (Phi) is 3.43. The lowest BCUT2D eigenvalue weighted by atomic mass is 10.2. The van der Waals surface area contributed by atoms with Crippen LogP contribution in [0.4, 0.5) is 0 Å². The summed E-state index contributed by atoms with van der Waals surface area (Å²) in [5, 5.41) is 0. The maximum Gasteiger partial charge on any atom is 0.150 e. The summed E-state index contributed by atoms with van der Waals surface area (Å²) in [6, 6.07) is 5.26. The van der Waals surface area contributed by atoms with Crippen LogP contribution in [0.2, 0.25) is 0 Å². The van der Waals surface area contributed by atoms with Crippen molar-refractivity contribution in [1.82, 2.24) is 0 Å². The zero-order valence-corrected chi connectivity index (χ0v) is 8.54. The van der Waals surface area contributed by atoms with Crippen LogP contribution in [-0.4, -0.2) is 6.29 Å². The monoisotopic (exact) mass is 250 g/mol. The summed E-state index contributed by atoms with van der Waals surface area (Å²) in [5.74, 6) is 0. The molecule has 0 fully saturated rings. The van der Waals surface area contributed by atoms with Gasteiger partial charge in [-0.15, -0.1) is 0 Å². The highest BCUT2D eigenvalue weighted by molar-refractivity contribution is 9.10. The quantitative estimate of drug-likeness (QED) is 0.748. The zero-order chi connectivity index (χ0) is 8.27. The smallest absolute Gasteiger partial charge is 0.150 e. The minimum atomic E-state index is 0.636. The van der Waals surface area contributed by atoms with Crippen LogP contribution in [0.25, 0.3) is 0 Å². The van der Waals surface area contributed by atoms with E-state index in [2.05, 4.69) is 15.9 Å².